The van der Waals surface area contributed by atoms with Gasteiger partial charge >= 0.3 is 0 Å². The lowest BCUT2D eigenvalue weighted by Gasteiger charge is -2.10. The zero-order chi connectivity index (χ0) is 17.3. The number of aryl methyl sites for hydroxylation is 1. The quantitative estimate of drug-likeness (QED) is 0.408. The van der Waals surface area contributed by atoms with Crippen molar-refractivity contribution in [2.24, 2.45) is 0 Å². The van der Waals surface area contributed by atoms with Gasteiger partial charge in [-0.1, -0.05) is 60.7 Å². The lowest BCUT2D eigenvalue weighted by molar-refractivity contribution is -0.115. The predicted octanol–water partition coefficient (Wildman–Crippen LogP) is 3.63. The normalized spacial score (nSPS) is 11.3. The highest BCUT2D eigenvalue weighted by Gasteiger charge is 2.11. The summed E-state index contributed by atoms with van der Waals surface area (Å²) in [5.41, 5.74) is 2.60. The van der Waals surface area contributed by atoms with Crippen LogP contribution in [0.1, 0.15) is 17.5 Å². The van der Waals surface area contributed by atoms with E-state index in [1.807, 2.05) is 77.5 Å². The Morgan fingerprint density at radius 3 is 2.44 bits per heavy atom. The van der Waals surface area contributed by atoms with Crippen molar-refractivity contribution in [1.82, 2.24) is 14.9 Å². The van der Waals surface area contributed by atoms with Crippen LogP contribution in [0.2, 0.25) is 0 Å². The number of nitrogens with one attached hydrogen (secondary N) is 1. The number of aromatic nitrogens is 2. The molecule has 1 aromatic heterocycles. The molecule has 0 radical (unpaired) electrons. The van der Waals surface area contributed by atoms with Gasteiger partial charge in [0.2, 0.25) is 0 Å². The van der Waals surface area contributed by atoms with Crippen LogP contribution >= 0.6 is 0 Å². The van der Waals surface area contributed by atoms with Crippen molar-refractivity contribution in [3.8, 4) is 0 Å². The highest BCUT2D eigenvalue weighted by atomic mass is 16.1. The van der Waals surface area contributed by atoms with Crippen LogP contribution in [0.15, 0.2) is 79.4 Å². The molecule has 4 nitrogen and oxygen atoms in total. The number of carbonyl (C=O) groups is 1. The fourth-order valence-corrected chi connectivity index (χ4v) is 2.59. The van der Waals surface area contributed by atoms with E-state index in [4.69, 9.17) is 0 Å². The van der Waals surface area contributed by atoms with Crippen molar-refractivity contribution in [1.29, 1.82) is 0 Å². The highest BCUT2D eigenvalue weighted by Crippen LogP contribution is 2.18. The predicted molar refractivity (Wildman–Crippen MR) is 101 cm³/mol. The molecule has 25 heavy (non-hydrogen) atoms. The Bertz CT molecular complexity index is 809. The second-order valence-corrected chi connectivity index (χ2v) is 5.74. The van der Waals surface area contributed by atoms with E-state index in [0.717, 1.165) is 24.1 Å². The van der Waals surface area contributed by atoms with E-state index in [1.165, 1.54) is 0 Å². The molecule has 1 heterocycles. The second kappa shape index (κ2) is 8.64. The zero-order valence-electron chi connectivity index (χ0n) is 14.0. The molecule has 3 rings (SSSR count). The van der Waals surface area contributed by atoms with Crippen LogP contribution in [0.3, 0.4) is 0 Å². The van der Waals surface area contributed by atoms with Crippen molar-refractivity contribution in [3.05, 3.63) is 90.5 Å². The van der Waals surface area contributed by atoms with E-state index in [-0.39, 0.29) is 5.91 Å². The summed E-state index contributed by atoms with van der Waals surface area (Å²) in [5, 5.41) is 3.02. The van der Waals surface area contributed by atoms with E-state index < -0.39 is 0 Å². The summed E-state index contributed by atoms with van der Waals surface area (Å²) < 4.78 is 2.00. The van der Waals surface area contributed by atoms with Crippen molar-refractivity contribution in [2.75, 3.05) is 6.54 Å². The fourth-order valence-electron chi connectivity index (χ4n) is 2.59. The Labute approximate surface area is 147 Å². The lowest BCUT2D eigenvalue weighted by Crippen LogP contribution is -2.26. The summed E-state index contributed by atoms with van der Waals surface area (Å²) in [5.74, 6) is -0.0549. The van der Waals surface area contributed by atoms with E-state index in [9.17, 15) is 4.79 Å². The van der Waals surface area contributed by atoms with Gasteiger partial charge in [-0.25, -0.2) is 4.98 Å². The summed E-state index contributed by atoms with van der Waals surface area (Å²) in [4.78, 5) is 16.7. The summed E-state index contributed by atoms with van der Waals surface area (Å²) >= 11 is 0. The number of carbonyl (C=O) groups excluding carboxylic acids is 1. The number of imidazole rings is 1. The molecular weight excluding hydrogens is 310 g/mol. The molecule has 0 saturated carbocycles. The number of benzene rings is 2. The minimum Gasteiger partial charge on any atom is -0.352 e. The number of hydrogen-bond acceptors (Lipinski definition) is 2. The number of rotatable bonds is 7. The molecule has 0 aliphatic carbocycles. The average Bonchev–Trinajstić information content (AvgIpc) is 3.18. The minimum atomic E-state index is -0.0549. The van der Waals surface area contributed by atoms with Gasteiger partial charge in [0.25, 0.3) is 5.91 Å². The van der Waals surface area contributed by atoms with Gasteiger partial charge in [0.1, 0.15) is 0 Å². The van der Waals surface area contributed by atoms with E-state index >= 15 is 0 Å². The monoisotopic (exact) mass is 331 g/mol. The van der Waals surface area contributed by atoms with Crippen molar-refractivity contribution >= 4 is 17.6 Å². The molecule has 0 aliphatic rings. The van der Waals surface area contributed by atoms with Crippen molar-refractivity contribution in [2.45, 2.75) is 13.0 Å². The maximum absolute atomic E-state index is 12.7. The molecule has 0 aliphatic heterocycles. The molecule has 0 spiro atoms. The maximum Gasteiger partial charge on any atom is 0.251 e. The average molecular weight is 331 g/mol. The van der Waals surface area contributed by atoms with Gasteiger partial charge in [-0.3, -0.25) is 4.79 Å². The van der Waals surface area contributed by atoms with Gasteiger partial charge in [0.15, 0.2) is 0 Å². The highest BCUT2D eigenvalue weighted by molar-refractivity contribution is 6.24. The molecular formula is C21H21N3O. The third-order valence-corrected chi connectivity index (χ3v) is 3.88. The minimum absolute atomic E-state index is 0.0549. The first kappa shape index (κ1) is 16.7. The Morgan fingerprint density at radius 2 is 1.76 bits per heavy atom. The standard InChI is InChI=1S/C21H21N3O/c25-21(23-12-7-14-24-15-13-22-17-24)20(19-10-5-2-6-11-19)16-18-8-3-1-4-9-18/h1-6,8-11,13,15-17H,7,12,14H2,(H,23,25). The van der Waals surface area contributed by atoms with Crippen LogP contribution in [-0.4, -0.2) is 22.0 Å². The van der Waals surface area contributed by atoms with Crippen LogP contribution in [0.4, 0.5) is 0 Å². The van der Waals surface area contributed by atoms with Crippen LogP contribution in [0.5, 0.6) is 0 Å². The SMILES string of the molecule is O=C(NCCCn1ccnc1)C(=Cc1ccccc1)c1ccccc1. The molecule has 3 aromatic rings. The van der Waals surface area contributed by atoms with Crippen LogP contribution in [0.25, 0.3) is 11.6 Å². The third kappa shape index (κ3) is 4.91. The summed E-state index contributed by atoms with van der Waals surface area (Å²) in [6.07, 6.45) is 8.25. The molecule has 126 valence electrons. The number of amides is 1. The van der Waals surface area contributed by atoms with E-state index in [1.54, 1.807) is 12.5 Å². The molecule has 0 unspecified atom stereocenters. The first-order valence-corrected chi connectivity index (χ1v) is 8.39. The van der Waals surface area contributed by atoms with Gasteiger partial charge in [0, 0.05) is 31.1 Å². The van der Waals surface area contributed by atoms with Crippen LogP contribution in [0, 0.1) is 0 Å². The second-order valence-electron chi connectivity index (χ2n) is 5.74. The van der Waals surface area contributed by atoms with Gasteiger partial charge in [-0.05, 0) is 23.6 Å². The van der Waals surface area contributed by atoms with E-state index in [0.29, 0.717) is 12.1 Å². The maximum atomic E-state index is 12.7. The zero-order valence-corrected chi connectivity index (χ0v) is 14.0. The van der Waals surface area contributed by atoms with Gasteiger partial charge in [-0.2, -0.15) is 0 Å². The Balaban J connectivity index is 1.68. The molecule has 1 amide bonds. The Hall–Kier alpha value is -3.14. The topological polar surface area (TPSA) is 46.9 Å². The number of hydrogen-bond donors (Lipinski definition) is 1. The number of nitrogens with zero attached hydrogens (tertiary/aromatic N) is 2. The van der Waals surface area contributed by atoms with Crippen LogP contribution in [-0.2, 0) is 11.3 Å². The molecule has 1 N–H and O–H groups in total. The molecule has 0 bridgehead atoms. The Kier molecular flexibility index (Phi) is 5.77. The third-order valence-electron chi connectivity index (χ3n) is 3.88. The van der Waals surface area contributed by atoms with Gasteiger partial charge in [0.05, 0.1) is 6.33 Å². The fraction of sp³-hybridized carbons (Fsp3) is 0.143. The first-order valence-electron chi connectivity index (χ1n) is 8.39. The van der Waals surface area contributed by atoms with Gasteiger partial charge < -0.3 is 9.88 Å². The largest absolute Gasteiger partial charge is 0.352 e. The summed E-state index contributed by atoms with van der Waals surface area (Å²) in [6.45, 7) is 1.46. The first-order chi connectivity index (χ1) is 12.3. The summed E-state index contributed by atoms with van der Waals surface area (Å²) in [6, 6.07) is 19.7. The lowest BCUT2D eigenvalue weighted by atomic mass is 10.0. The summed E-state index contributed by atoms with van der Waals surface area (Å²) in [7, 11) is 0. The molecule has 0 saturated heterocycles. The Morgan fingerprint density at radius 1 is 1.04 bits per heavy atom. The van der Waals surface area contributed by atoms with Crippen LogP contribution < -0.4 is 5.32 Å². The van der Waals surface area contributed by atoms with Gasteiger partial charge in [-0.15, -0.1) is 0 Å². The van der Waals surface area contributed by atoms with E-state index in [2.05, 4.69) is 10.3 Å². The molecule has 4 heteroatoms. The molecule has 0 atom stereocenters. The van der Waals surface area contributed by atoms with Crippen molar-refractivity contribution in [3.63, 3.8) is 0 Å². The smallest absolute Gasteiger partial charge is 0.251 e. The van der Waals surface area contributed by atoms with Crippen molar-refractivity contribution < 1.29 is 4.79 Å². The molecule has 0 fully saturated rings. The molecule has 2 aromatic carbocycles.